The van der Waals surface area contributed by atoms with Gasteiger partial charge in [0, 0.05) is 64.1 Å². The van der Waals surface area contributed by atoms with Crippen molar-refractivity contribution in [3.63, 3.8) is 0 Å². The van der Waals surface area contributed by atoms with E-state index in [1.54, 1.807) is 29.0 Å². The maximum absolute atomic E-state index is 13.1. The zero-order chi connectivity index (χ0) is 38.1. The second-order valence-corrected chi connectivity index (χ2v) is 14.8. The lowest BCUT2D eigenvalue weighted by Gasteiger charge is -2.29. The van der Waals surface area contributed by atoms with Crippen LogP contribution in [0.3, 0.4) is 0 Å². The van der Waals surface area contributed by atoms with Crippen molar-refractivity contribution in [2.24, 2.45) is 4.99 Å². The van der Waals surface area contributed by atoms with Crippen LogP contribution in [-0.2, 0) is 22.6 Å². The van der Waals surface area contributed by atoms with Crippen molar-refractivity contribution in [3.05, 3.63) is 115 Å². The number of pyridine rings is 1. The van der Waals surface area contributed by atoms with Crippen LogP contribution in [0, 0.1) is 41.4 Å². The number of anilines is 1. The molecular formula is C42H36ClN7O3S. The molecule has 1 saturated heterocycles. The van der Waals surface area contributed by atoms with Crippen LogP contribution in [0.25, 0.3) is 0 Å². The number of unbranched alkanes of at least 4 members (excludes halogenated alkanes) is 1. The molecular weight excluding hydrogens is 718 g/mol. The summed E-state index contributed by atoms with van der Waals surface area (Å²) in [4.78, 5) is 50.7. The second-order valence-electron chi connectivity index (χ2n) is 13.4. The quantitative estimate of drug-likeness (QED) is 0.0687. The van der Waals surface area contributed by atoms with E-state index < -0.39 is 18.0 Å². The molecule has 12 heteroatoms. The number of imide groups is 1. The Labute approximate surface area is 322 Å². The summed E-state index contributed by atoms with van der Waals surface area (Å²) < 4.78 is 0. The van der Waals surface area contributed by atoms with Gasteiger partial charge in [-0.3, -0.25) is 45.4 Å². The molecule has 3 N–H and O–H groups in total. The molecule has 54 heavy (non-hydrogen) atoms. The lowest BCUT2D eigenvalue weighted by molar-refractivity contribution is -0.136. The van der Waals surface area contributed by atoms with E-state index in [2.05, 4.69) is 34.0 Å². The van der Waals surface area contributed by atoms with Gasteiger partial charge >= 0.3 is 0 Å². The average molecular weight is 754 g/mol. The molecule has 0 bridgehead atoms. The Bertz CT molecular complexity index is 2390. The van der Waals surface area contributed by atoms with E-state index in [1.807, 2.05) is 62.4 Å². The zero-order valence-electron chi connectivity index (χ0n) is 30.0. The summed E-state index contributed by atoms with van der Waals surface area (Å²) in [5.74, 6) is 12.6. The summed E-state index contributed by atoms with van der Waals surface area (Å²) >= 11 is 7.64. The maximum atomic E-state index is 13.1. The number of carbonyl (C=O) groups excluding carboxylic acids is 3. The number of hydrogen-bond donors (Lipinski definition) is 3. The van der Waals surface area contributed by atoms with E-state index in [9.17, 15) is 14.4 Å². The van der Waals surface area contributed by atoms with Crippen molar-refractivity contribution in [3.8, 4) is 23.7 Å². The first kappa shape index (κ1) is 36.5. The van der Waals surface area contributed by atoms with Gasteiger partial charge in [-0.15, -0.1) is 11.3 Å². The lowest BCUT2D eigenvalue weighted by Crippen LogP contribution is -2.52. The first-order valence-corrected chi connectivity index (χ1v) is 18.8. The molecule has 2 aromatic carbocycles. The highest BCUT2D eigenvalue weighted by Gasteiger charge is 2.39. The number of amides is 3. The summed E-state index contributed by atoms with van der Waals surface area (Å²) in [6.07, 6.45) is 4.49. The Morgan fingerprint density at radius 3 is 2.59 bits per heavy atom. The molecule has 0 aliphatic carbocycles. The predicted molar refractivity (Wildman–Crippen MR) is 212 cm³/mol. The van der Waals surface area contributed by atoms with E-state index >= 15 is 0 Å². The van der Waals surface area contributed by atoms with Crippen molar-refractivity contribution in [1.29, 1.82) is 10.8 Å². The molecule has 3 aliphatic heterocycles. The summed E-state index contributed by atoms with van der Waals surface area (Å²) in [6, 6.07) is 15.8. The van der Waals surface area contributed by atoms with Crippen molar-refractivity contribution < 1.29 is 14.4 Å². The Morgan fingerprint density at radius 2 is 1.87 bits per heavy atom. The van der Waals surface area contributed by atoms with Crippen molar-refractivity contribution in [2.45, 2.75) is 71.5 Å². The number of fused-ring (bicyclic) bond motifs is 2. The smallest absolute Gasteiger partial charge is 0.255 e. The number of aromatic nitrogens is 1. The van der Waals surface area contributed by atoms with E-state index in [1.165, 1.54) is 11.3 Å². The highest BCUT2D eigenvalue weighted by atomic mass is 35.5. The second kappa shape index (κ2) is 15.2. The fourth-order valence-corrected chi connectivity index (χ4v) is 8.18. The van der Waals surface area contributed by atoms with Gasteiger partial charge in [0.05, 0.1) is 10.6 Å². The molecule has 3 amide bonds. The number of aliphatic imine (C=N–C) groups is 1. The minimum atomic E-state index is -0.657. The van der Waals surface area contributed by atoms with Gasteiger partial charge in [0.25, 0.3) is 5.91 Å². The zero-order valence-corrected chi connectivity index (χ0v) is 31.5. The van der Waals surface area contributed by atoms with Gasteiger partial charge in [-0.1, -0.05) is 53.5 Å². The number of amidine groups is 2. The predicted octanol–water partition coefficient (Wildman–Crippen LogP) is 6.66. The van der Waals surface area contributed by atoms with E-state index in [4.69, 9.17) is 27.4 Å². The summed E-state index contributed by atoms with van der Waals surface area (Å²) in [6.45, 7) is 5.85. The Kier molecular flexibility index (Phi) is 10.3. The minimum Gasteiger partial charge on any atom is -0.322 e. The molecule has 1 fully saturated rings. The molecule has 0 spiro atoms. The standard InChI is InChI=1S/C42H36ClN7O3S/c1-24-35(54-42-37(24)38(29-14-16-30(43)17-15-29)47-25(2)39(45)50(42)26(3)44)20-13-27-12-18-31(46-22-27)10-6-4-5-8-28-9-7-11-32-33(28)23-49(41(32)53)34-19-21-36(51)48-40(34)52/h7,9,11-12,14-18,22,25,34,44-45H,4,6,10,19,21,23H2,1-3H3,(H,48,51,52)/t25-,34?/m0/s1. The van der Waals surface area contributed by atoms with Gasteiger partial charge in [0.2, 0.25) is 11.8 Å². The van der Waals surface area contributed by atoms with Crippen molar-refractivity contribution >= 4 is 63.0 Å². The third-order valence-electron chi connectivity index (χ3n) is 9.67. The molecule has 3 aliphatic rings. The largest absolute Gasteiger partial charge is 0.322 e. The van der Waals surface area contributed by atoms with Gasteiger partial charge in [-0.2, -0.15) is 0 Å². The number of hydrogen-bond acceptors (Lipinski definition) is 8. The first-order chi connectivity index (χ1) is 26.0. The first-order valence-electron chi connectivity index (χ1n) is 17.6. The minimum absolute atomic E-state index is 0.208. The molecule has 2 atom stereocenters. The van der Waals surface area contributed by atoms with Crippen molar-refractivity contribution in [2.75, 3.05) is 4.90 Å². The van der Waals surface area contributed by atoms with Crippen LogP contribution in [0.4, 0.5) is 5.00 Å². The third kappa shape index (κ3) is 7.21. The molecule has 10 nitrogen and oxygen atoms in total. The highest BCUT2D eigenvalue weighted by molar-refractivity contribution is 7.17. The number of benzene rings is 2. The fraction of sp³-hybridized carbons (Fsp3) is 0.262. The lowest BCUT2D eigenvalue weighted by atomic mass is 9.99. The Morgan fingerprint density at radius 1 is 1.07 bits per heavy atom. The summed E-state index contributed by atoms with van der Waals surface area (Å²) in [5.41, 5.74) is 7.28. The van der Waals surface area contributed by atoms with Gasteiger partial charge in [0.1, 0.15) is 28.8 Å². The molecule has 7 rings (SSSR count). The van der Waals surface area contributed by atoms with Gasteiger partial charge < -0.3 is 4.90 Å². The maximum Gasteiger partial charge on any atom is 0.255 e. The number of rotatable bonds is 5. The Hall–Kier alpha value is -5.88. The van der Waals surface area contributed by atoms with Crippen LogP contribution < -0.4 is 10.2 Å². The molecule has 1 unspecified atom stereocenters. The van der Waals surface area contributed by atoms with Crippen LogP contribution in [0.1, 0.15) is 93.8 Å². The van der Waals surface area contributed by atoms with Crippen LogP contribution in [0.15, 0.2) is 65.8 Å². The number of thiophene rings is 1. The van der Waals surface area contributed by atoms with Gasteiger partial charge in [0.15, 0.2) is 0 Å². The number of halogens is 1. The average Bonchev–Trinajstić information content (AvgIpc) is 3.62. The van der Waals surface area contributed by atoms with E-state index in [0.29, 0.717) is 30.0 Å². The van der Waals surface area contributed by atoms with Crippen LogP contribution in [0.2, 0.25) is 5.02 Å². The Balaban J connectivity index is 1.02. The van der Waals surface area contributed by atoms with E-state index in [0.717, 1.165) is 67.5 Å². The highest BCUT2D eigenvalue weighted by Crippen LogP contribution is 2.40. The van der Waals surface area contributed by atoms with E-state index in [-0.39, 0.29) is 29.9 Å². The van der Waals surface area contributed by atoms with Gasteiger partial charge in [-0.05, 0) is 87.6 Å². The molecule has 270 valence electrons. The molecule has 5 heterocycles. The fourth-order valence-electron chi connectivity index (χ4n) is 6.82. The third-order valence-corrected chi connectivity index (χ3v) is 11.1. The van der Waals surface area contributed by atoms with Gasteiger partial charge in [-0.25, -0.2) is 0 Å². The summed E-state index contributed by atoms with van der Waals surface area (Å²) in [7, 11) is 0. The number of nitrogens with zero attached hydrogens (tertiary/aromatic N) is 4. The summed E-state index contributed by atoms with van der Waals surface area (Å²) in [5, 5.41) is 21.1. The van der Waals surface area contributed by atoms with Crippen LogP contribution >= 0.6 is 22.9 Å². The van der Waals surface area contributed by atoms with Crippen LogP contribution in [-0.4, -0.2) is 57.1 Å². The monoisotopic (exact) mass is 753 g/mol. The molecule has 0 saturated carbocycles. The van der Waals surface area contributed by atoms with Crippen LogP contribution in [0.5, 0.6) is 0 Å². The number of nitrogens with one attached hydrogen (secondary N) is 3. The molecule has 2 aromatic heterocycles. The topological polar surface area (TPSA) is 143 Å². The normalized spacial score (nSPS) is 17.7. The molecule has 0 radical (unpaired) electrons. The SMILES string of the molecule is CC(=N)N1C(=N)[C@H](C)N=C(c2ccc(Cl)cc2)c2c1sc(C#Cc1ccc(CCCC#Cc3cccc4c3CN(C3CCC(=O)NC3=O)C4=O)nc1)c2C. The molecule has 4 aromatic rings. The van der Waals surface area contributed by atoms with Crippen molar-refractivity contribution in [1.82, 2.24) is 15.2 Å². The number of aryl methyl sites for hydroxylation is 1. The number of piperidine rings is 1. The number of carbonyl (C=O) groups is 3.